The molecule has 0 unspecified atom stereocenters. The molecule has 2 N–H and O–H groups in total. The smallest absolute Gasteiger partial charge is 0.254 e. The van der Waals surface area contributed by atoms with Gasteiger partial charge >= 0.3 is 0 Å². The molecule has 44 heavy (non-hydrogen) atoms. The maximum Gasteiger partial charge on any atom is 0.254 e. The number of nitrogens with one attached hydrogen (secondary N) is 2. The SMILES string of the molecule is COc1ccc([C@H]2CC(=O)C3=C(C2)NC(C)=C(C(=O)Nc2ccc(C)cc2)[C@@H]3c2cc(OC)c(OC)c(OC)c2)cc1OC. The summed E-state index contributed by atoms with van der Waals surface area (Å²) in [5.74, 6) is 1.40. The number of dihydropyridines is 1. The molecular weight excluding hydrogens is 560 g/mol. The van der Waals surface area contributed by atoms with E-state index < -0.39 is 5.92 Å². The summed E-state index contributed by atoms with van der Waals surface area (Å²) in [5, 5.41) is 6.47. The lowest BCUT2D eigenvalue weighted by Gasteiger charge is -2.37. The number of anilines is 1. The van der Waals surface area contributed by atoms with Crippen molar-refractivity contribution in [3.05, 3.63) is 93.8 Å². The molecule has 1 aliphatic heterocycles. The Morgan fingerprint density at radius 2 is 1.36 bits per heavy atom. The van der Waals surface area contributed by atoms with Crippen LogP contribution in [0, 0.1) is 6.92 Å². The van der Waals surface area contributed by atoms with Crippen LogP contribution in [-0.2, 0) is 9.59 Å². The van der Waals surface area contributed by atoms with Gasteiger partial charge in [-0.1, -0.05) is 23.8 Å². The van der Waals surface area contributed by atoms with Crippen LogP contribution in [0.5, 0.6) is 28.7 Å². The zero-order chi connectivity index (χ0) is 31.5. The number of allylic oxidation sites excluding steroid dienone is 3. The number of amides is 1. The molecule has 0 saturated carbocycles. The molecule has 230 valence electrons. The molecule has 2 aliphatic rings. The van der Waals surface area contributed by atoms with Gasteiger partial charge in [0.05, 0.1) is 35.5 Å². The van der Waals surface area contributed by atoms with E-state index >= 15 is 0 Å². The number of methoxy groups -OCH3 is 5. The summed E-state index contributed by atoms with van der Waals surface area (Å²) in [4.78, 5) is 28.2. The van der Waals surface area contributed by atoms with Crippen molar-refractivity contribution in [3.8, 4) is 28.7 Å². The Hall–Kier alpha value is -4.92. The number of hydrogen-bond donors (Lipinski definition) is 2. The second-order valence-electron chi connectivity index (χ2n) is 10.9. The summed E-state index contributed by atoms with van der Waals surface area (Å²) in [6.07, 6.45) is 0.838. The van der Waals surface area contributed by atoms with Crippen LogP contribution in [-0.4, -0.2) is 47.2 Å². The average molecular weight is 599 g/mol. The zero-order valence-electron chi connectivity index (χ0n) is 26.1. The predicted octanol–water partition coefficient (Wildman–Crippen LogP) is 6.04. The van der Waals surface area contributed by atoms with Crippen molar-refractivity contribution in [2.24, 2.45) is 0 Å². The highest BCUT2D eigenvalue weighted by Crippen LogP contribution is 2.49. The summed E-state index contributed by atoms with van der Waals surface area (Å²) >= 11 is 0. The minimum absolute atomic E-state index is 0.0505. The third kappa shape index (κ3) is 5.69. The van der Waals surface area contributed by atoms with Crippen molar-refractivity contribution in [1.82, 2.24) is 5.32 Å². The first-order valence-electron chi connectivity index (χ1n) is 14.4. The van der Waals surface area contributed by atoms with Gasteiger partial charge in [0.1, 0.15) is 0 Å². The van der Waals surface area contributed by atoms with E-state index in [1.807, 2.05) is 68.4 Å². The first kappa shape index (κ1) is 30.5. The van der Waals surface area contributed by atoms with Crippen LogP contribution in [0.2, 0.25) is 0 Å². The van der Waals surface area contributed by atoms with Crippen molar-refractivity contribution >= 4 is 17.4 Å². The fourth-order valence-corrected chi connectivity index (χ4v) is 6.12. The van der Waals surface area contributed by atoms with E-state index in [1.54, 1.807) is 28.4 Å². The summed E-state index contributed by atoms with van der Waals surface area (Å²) in [6, 6.07) is 16.9. The molecule has 1 amide bonds. The third-order valence-electron chi connectivity index (χ3n) is 8.28. The van der Waals surface area contributed by atoms with Gasteiger partial charge in [-0.05, 0) is 73.7 Å². The molecular formula is C35H38N2O7. The number of ether oxygens (including phenoxy) is 5. The normalized spacial score (nSPS) is 17.8. The second kappa shape index (κ2) is 12.8. The number of Topliss-reactive ketones (excluding diaryl/α,β-unsaturated/α-hetero) is 1. The Bertz CT molecular complexity index is 1630. The predicted molar refractivity (Wildman–Crippen MR) is 168 cm³/mol. The Kier molecular flexibility index (Phi) is 8.85. The molecule has 2 atom stereocenters. The van der Waals surface area contributed by atoms with Crippen LogP contribution in [0.4, 0.5) is 5.69 Å². The van der Waals surface area contributed by atoms with E-state index in [4.69, 9.17) is 23.7 Å². The number of hydrogen-bond acceptors (Lipinski definition) is 8. The van der Waals surface area contributed by atoms with E-state index in [2.05, 4.69) is 10.6 Å². The Labute approximate surface area is 257 Å². The van der Waals surface area contributed by atoms with Crippen LogP contribution in [0.3, 0.4) is 0 Å². The van der Waals surface area contributed by atoms with Gasteiger partial charge in [-0.2, -0.15) is 0 Å². The number of benzene rings is 3. The van der Waals surface area contributed by atoms with Crippen LogP contribution < -0.4 is 34.3 Å². The van der Waals surface area contributed by atoms with Gasteiger partial charge in [-0.25, -0.2) is 0 Å². The summed E-state index contributed by atoms with van der Waals surface area (Å²) < 4.78 is 27.8. The molecule has 1 aliphatic carbocycles. The minimum Gasteiger partial charge on any atom is -0.493 e. The largest absolute Gasteiger partial charge is 0.493 e. The van der Waals surface area contributed by atoms with Crippen LogP contribution in [0.1, 0.15) is 48.3 Å². The summed E-state index contributed by atoms with van der Waals surface area (Å²) in [6.45, 7) is 3.85. The van der Waals surface area contributed by atoms with Gasteiger partial charge in [0, 0.05) is 40.6 Å². The molecule has 1 heterocycles. The van der Waals surface area contributed by atoms with E-state index in [-0.39, 0.29) is 24.0 Å². The number of ketones is 1. The van der Waals surface area contributed by atoms with E-state index in [9.17, 15) is 9.59 Å². The maximum absolute atomic E-state index is 14.2. The molecule has 9 nitrogen and oxygen atoms in total. The van der Waals surface area contributed by atoms with Crippen LogP contribution in [0.15, 0.2) is 77.1 Å². The van der Waals surface area contributed by atoms with E-state index in [0.717, 1.165) is 16.8 Å². The summed E-state index contributed by atoms with van der Waals surface area (Å²) in [7, 11) is 7.81. The minimum atomic E-state index is -0.677. The highest BCUT2D eigenvalue weighted by molar-refractivity contribution is 6.10. The molecule has 5 rings (SSSR count). The fraction of sp³-hybridized carbons (Fsp3) is 0.314. The highest BCUT2D eigenvalue weighted by Gasteiger charge is 2.41. The number of carbonyl (C=O) groups excluding carboxylic acids is 2. The lowest BCUT2D eigenvalue weighted by Crippen LogP contribution is -2.37. The van der Waals surface area contributed by atoms with Gasteiger partial charge in [0.25, 0.3) is 5.91 Å². The maximum atomic E-state index is 14.2. The van der Waals surface area contributed by atoms with Crippen molar-refractivity contribution in [2.45, 2.75) is 38.5 Å². The molecule has 0 aromatic heterocycles. The van der Waals surface area contributed by atoms with Crippen LogP contribution in [0.25, 0.3) is 0 Å². The molecule has 3 aromatic carbocycles. The lowest BCUT2D eigenvalue weighted by atomic mass is 9.71. The van der Waals surface area contributed by atoms with Crippen molar-refractivity contribution in [2.75, 3.05) is 40.9 Å². The second-order valence-corrected chi connectivity index (χ2v) is 10.9. The molecule has 0 spiro atoms. The van der Waals surface area contributed by atoms with Crippen molar-refractivity contribution in [3.63, 3.8) is 0 Å². The quantitative estimate of drug-likeness (QED) is 0.307. The lowest BCUT2D eigenvalue weighted by molar-refractivity contribution is -0.116. The fourth-order valence-electron chi connectivity index (χ4n) is 6.12. The van der Waals surface area contributed by atoms with E-state index in [1.165, 1.54) is 7.11 Å². The Morgan fingerprint density at radius 3 is 1.95 bits per heavy atom. The zero-order valence-corrected chi connectivity index (χ0v) is 26.1. The molecule has 0 fully saturated rings. The van der Waals surface area contributed by atoms with Crippen LogP contribution >= 0.6 is 0 Å². The molecule has 9 heteroatoms. The monoisotopic (exact) mass is 598 g/mol. The first-order valence-corrected chi connectivity index (χ1v) is 14.4. The molecule has 0 radical (unpaired) electrons. The molecule has 0 bridgehead atoms. The molecule has 3 aromatic rings. The standard InChI is InChI=1S/C35H38N2O7/c1-19-8-11-24(12-9-19)37-35(39)31-20(2)36-25-14-22(21-10-13-27(40-3)28(16-21)41-4)15-26(38)33(25)32(31)23-17-29(42-5)34(44-7)30(18-23)43-6/h8-13,16-18,22,32,36H,14-15H2,1-7H3,(H,37,39)/t22-,32+/m1/s1. The number of carbonyl (C=O) groups is 2. The van der Waals surface area contributed by atoms with Crippen molar-refractivity contribution in [1.29, 1.82) is 0 Å². The van der Waals surface area contributed by atoms with Gasteiger partial charge in [-0.15, -0.1) is 0 Å². The Balaban J connectivity index is 1.62. The topological polar surface area (TPSA) is 104 Å². The van der Waals surface area contributed by atoms with Gasteiger partial charge in [0.2, 0.25) is 5.75 Å². The van der Waals surface area contributed by atoms with Gasteiger partial charge < -0.3 is 34.3 Å². The van der Waals surface area contributed by atoms with Crippen molar-refractivity contribution < 1.29 is 33.3 Å². The number of aryl methyl sites for hydroxylation is 1. The Morgan fingerprint density at radius 1 is 0.750 bits per heavy atom. The van der Waals surface area contributed by atoms with Gasteiger partial charge in [0.15, 0.2) is 28.8 Å². The summed E-state index contributed by atoms with van der Waals surface area (Å²) in [5.41, 5.74) is 5.83. The van der Waals surface area contributed by atoms with E-state index in [0.29, 0.717) is 63.3 Å². The third-order valence-corrected chi connectivity index (χ3v) is 8.28. The average Bonchev–Trinajstić information content (AvgIpc) is 3.03. The highest BCUT2D eigenvalue weighted by atomic mass is 16.5. The number of rotatable bonds is 9. The molecule has 0 saturated heterocycles. The first-order chi connectivity index (χ1) is 21.2. The van der Waals surface area contributed by atoms with Gasteiger partial charge in [-0.3, -0.25) is 9.59 Å².